The Morgan fingerprint density at radius 2 is 1.65 bits per heavy atom. The molecule has 4 aromatic rings. The average molecular weight is 472 g/mol. The molecule has 0 aliphatic carbocycles. The number of hydrogen-bond acceptors (Lipinski definition) is 4. The summed E-state index contributed by atoms with van der Waals surface area (Å²) in [6.07, 6.45) is 3.65. The lowest BCUT2D eigenvalue weighted by Crippen LogP contribution is -2.26. The van der Waals surface area contributed by atoms with Crippen LogP contribution in [0.15, 0.2) is 94.7 Å². The van der Waals surface area contributed by atoms with E-state index in [1.807, 2.05) is 6.20 Å². The lowest BCUT2D eigenvalue weighted by molar-refractivity contribution is 0.958. The second-order valence-corrected chi connectivity index (χ2v) is 8.25. The van der Waals surface area contributed by atoms with Gasteiger partial charge in [-0.15, -0.1) is 0 Å². The van der Waals surface area contributed by atoms with Crippen molar-refractivity contribution in [2.75, 3.05) is 18.4 Å². The lowest BCUT2D eigenvalue weighted by atomic mass is 9.82. The van der Waals surface area contributed by atoms with Crippen LogP contribution in [0.25, 0.3) is 11.4 Å². The largest absolute Gasteiger partial charge is 0.354 e. The number of nitrogens with zero attached hydrogens (tertiary/aromatic N) is 2. The normalized spacial score (nSPS) is 13.2. The second-order valence-electron chi connectivity index (χ2n) is 7.39. The Bertz CT molecular complexity index is 1150. The minimum absolute atomic E-state index is 0.0646. The number of nitrogens with one attached hydrogen (secondary N) is 3. The summed E-state index contributed by atoms with van der Waals surface area (Å²) in [7, 11) is 0. The van der Waals surface area contributed by atoms with Gasteiger partial charge in [-0.05, 0) is 44.8 Å². The first-order chi connectivity index (χ1) is 15.3. The van der Waals surface area contributed by atoms with Gasteiger partial charge in [0.1, 0.15) is 5.82 Å². The number of rotatable bonds is 5. The summed E-state index contributed by atoms with van der Waals surface area (Å²) in [5, 5.41) is 6.68. The number of hydrogen-bond donors (Lipinski definition) is 3. The van der Waals surface area contributed by atoms with E-state index in [1.165, 1.54) is 16.7 Å². The molecule has 2 heterocycles. The fourth-order valence-corrected chi connectivity index (χ4v) is 4.45. The smallest absolute Gasteiger partial charge is 0.195 e. The van der Waals surface area contributed by atoms with Crippen LogP contribution in [0.1, 0.15) is 22.6 Å². The van der Waals surface area contributed by atoms with Crippen LogP contribution in [0.3, 0.4) is 0 Å². The number of anilines is 1. The van der Waals surface area contributed by atoms with Crippen LogP contribution < -0.4 is 10.6 Å². The van der Waals surface area contributed by atoms with E-state index in [9.17, 15) is 0 Å². The van der Waals surface area contributed by atoms with Crippen LogP contribution >= 0.6 is 15.9 Å². The van der Waals surface area contributed by atoms with Crippen LogP contribution in [0.2, 0.25) is 0 Å². The number of imidazole rings is 1. The summed E-state index contributed by atoms with van der Waals surface area (Å²) in [4.78, 5) is 12.3. The Balaban J connectivity index is 1.69. The molecule has 0 spiro atoms. The van der Waals surface area contributed by atoms with Gasteiger partial charge in [0.05, 0.1) is 12.2 Å². The number of benzene rings is 3. The molecule has 0 saturated heterocycles. The highest BCUT2D eigenvalue weighted by atomic mass is 79.9. The van der Waals surface area contributed by atoms with E-state index in [0.29, 0.717) is 0 Å². The fourth-order valence-electron chi connectivity index (χ4n) is 3.99. The van der Waals surface area contributed by atoms with Crippen LogP contribution in [0, 0.1) is 0 Å². The molecule has 6 heteroatoms. The van der Waals surface area contributed by atoms with Crippen molar-refractivity contribution in [1.29, 1.82) is 0 Å². The molecule has 3 aromatic carbocycles. The van der Waals surface area contributed by atoms with Crippen molar-refractivity contribution < 1.29 is 0 Å². The summed E-state index contributed by atoms with van der Waals surface area (Å²) in [6, 6.07) is 25.5. The Kier molecular flexibility index (Phi) is 5.54. The summed E-state index contributed by atoms with van der Waals surface area (Å²) in [6.45, 7) is 1.64. The zero-order valence-corrected chi connectivity index (χ0v) is 18.4. The molecule has 0 radical (unpaired) electrons. The Hall–Kier alpha value is -3.38. The monoisotopic (exact) mass is 471 g/mol. The maximum absolute atomic E-state index is 4.57. The van der Waals surface area contributed by atoms with E-state index >= 15 is 0 Å². The van der Waals surface area contributed by atoms with Crippen molar-refractivity contribution in [2.24, 2.45) is 4.99 Å². The number of guanidine groups is 1. The first-order valence-corrected chi connectivity index (χ1v) is 11.1. The molecule has 5 rings (SSSR count). The summed E-state index contributed by atoms with van der Waals surface area (Å²) >= 11 is 3.79. The van der Waals surface area contributed by atoms with Crippen molar-refractivity contribution in [3.8, 4) is 11.4 Å². The van der Waals surface area contributed by atoms with Crippen molar-refractivity contribution in [1.82, 2.24) is 15.3 Å². The molecule has 1 aliphatic heterocycles. The zero-order chi connectivity index (χ0) is 21.0. The van der Waals surface area contributed by atoms with Gasteiger partial charge in [0.2, 0.25) is 0 Å². The second kappa shape index (κ2) is 8.78. The van der Waals surface area contributed by atoms with Crippen LogP contribution in [-0.2, 0) is 0 Å². The van der Waals surface area contributed by atoms with Gasteiger partial charge < -0.3 is 15.6 Å². The predicted molar refractivity (Wildman–Crippen MR) is 129 cm³/mol. The highest BCUT2D eigenvalue weighted by molar-refractivity contribution is 9.10. The average Bonchev–Trinajstić information content (AvgIpc) is 3.52. The third-order valence-electron chi connectivity index (χ3n) is 5.40. The minimum atomic E-state index is 0.0646. The lowest BCUT2D eigenvalue weighted by Gasteiger charge is -2.23. The van der Waals surface area contributed by atoms with Gasteiger partial charge in [0, 0.05) is 34.9 Å². The van der Waals surface area contributed by atoms with Crippen molar-refractivity contribution in [3.05, 3.63) is 106 Å². The molecule has 0 fully saturated rings. The first kappa shape index (κ1) is 19.6. The third kappa shape index (κ3) is 4.11. The van der Waals surface area contributed by atoms with Gasteiger partial charge in [0.25, 0.3) is 0 Å². The molecule has 1 aromatic heterocycles. The van der Waals surface area contributed by atoms with E-state index in [2.05, 4.69) is 114 Å². The molecule has 0 unspecified atom stereocenters. The zero-order valence-electron chi connectivity index (χ0n) is 16.8. The summed E-state index contributed by atoms with van der Waals surface area (Å²) in [5.41, 5.74) is 5.63. The fraction of sp³-hybridized carbons (Fsp3) is 0.120. The quantitative estimate of drug-likeness (QED) is 0.341. The molecule has 5 nitrogen and oxygen atoms in total. The van der Waals surface area contributed by atoms with E-state index in [1.54, 1.807) is 6.20 Å². The molecular formula is C25H22BrN5. The summed E-state index contributed by atoms with van der Waals surface area (Å²) < 4.78 is 0.978. The van der Waals surface area contributed by atoms with Gasteiger partial charge >= 0.3 is 0 Å². The topological polar surface area (TPSA) is 65.1 Å². The van der Waals surface area contributed by atoms with Gasteiger partial charge in [-0.3, -0.25) is 4.99 Å². The van der Waals surface area contributed by atoms with Crippen LogP contribution in [-0.4, -0.2) is 29.0 Å². The van der Waals surface area contributed by atoms with Crippen LogP contribution in [0.4, 0.5) is 5.69 Å². The third-order valence-corrected chi connectivity index (χ3v) is 6.05. The SMILES string of the molecule is Brc1cc(C(c2ccccc2)c2ccccc2)c(-c2ncc[nH]2)cc1NC1=NCCN1. The van der Waals surface area contributed by atoms with Crippen LogP contribution in [0.5, 0.6) is 0 Å². The van der Waals surface area contributed by atoms with E-state index in [-0.39, 0.29) is 5.92 Å². The molecule has 0 bridgehead atoms. The maximum atomic E-state index is 4.57. The Morgan fingerprint density at radius 1 is 0.935 bits per heavy atom. The predicted octanol–water partition coefficient (Wildman–Crippen LogP) is 5.39. The molecule has 154 valence electrons. The molecule has 0 amide bonds. The molecule has 0 saturated carbocycles. The van der Waals surface area contributed by atoms with E-state index < -0.39 is 0 Å². The molecular weight excluding hydrogens is 450 g/mol. The van der Waals surface area contributed by atoms with Gasteiger partial charge in [0.15, 0.2) is 5.96 Å². The van der Waals surface area contributed by atoms with Gasteiger partial charge in [-0.1, -0.05) is 60.7 Å². The number of aliphatic imine (C=N–C) groups is 1. The summed E-state index contributed by atoms with van der Waals surface area (Å²) in [5.74, 6) is 1.69. The van der Waals surface area contributed by atoms with Crippen molar-refractivity contribution in [3.63, 3.8) is 0 Å². The van der Waals surface area contributed by atoms with Crippen molar-refractivity contribution >= 4 is 27.6 Å². The van der Waals surface area contributed by atoms with Gasteiger partial charge in [-0.25, -0.2) is 4.98 Å². The number of halogens is 1. The van der Waals surface area contributed by atoms with Gasteiger partial charge in [-0.2, -0.15) is 0 Å². The highest BCUT2D eigenvalue weighted by Crippen LogP contribution is 2.41. The number of aromatic nitrogens is 2. The van der Waals surface area contributed by atoms with E-state index in [4.69, 9.17) is 0 Å². The Labute approximate surface area is 189 Å². The van der Waals surface area contributed by atoms with Crippen molar-refractivity contribution in [2.45, 2.75) is 5.92 Å². The number of H-pyrrole nitrogens is 1. The standard InChI is InChI=1S/C25H22BrN5/c26-21-15-19(23(17-7-3-1-4-8-17)18-9-5-2-6-10-18)20(24-27-11-12-28-24)16-22(21)31-25-29-13-14-30-25/h1-12,15-16,23H,13-14H2,(H,27,28)(H2,29,30,31). The number of aromatic amines is 1. The maximum Gasteiger partial charge on any atom is 0.195 e. The molecule has 1 aliphatic rings. The van der Waals surface area contributed by atoms with E-state index in [0.717, 1.165) is 40.6 Å². The minimum Gasteiger partial charge on any atom is -0.354 e. The molecule has 0 atom stereocenters. The molecule has 3 N–H and O–H groups in total. The first-order valence-electron chi connectivity index (χ1n) is 10.3. The molecule has 31 heavy (non-hydrogen) atoms. The Morgan fingerprint density at radius 3 is 2.23 bits per heavy atom. The highest BCUT2D eigenvalue weighted by Gasteiger charge is 2.23.